The van der Waals surface area contributed by atoms with E-state index in [1.807, 2.05) is 12.1 Å². The summed E-state index contributed by atoms with van der Waals surface area (Å²) in [6.07, 6.45) is 2.20. The molecule has 0 heterocycles. The van der Waals surface area contributed by atoms with Gasteiger partial charge in [-0.2, -0.15) is 0 Å². The Balaban J connectivity index is 2.56. The number of nitrogens with one attached hydrogen (secondary N) is 1. The molecule has 0 spiro atoms. The van der Waals surface area contributed by atoms with E-state index in [0.29, 0.717) is 0 Å². The average molecular weight is 330 g/mol. The van der Waals surface area contributed by atoms with Gasteiger partial charge < -0.3 is 14.8 Å². The van der Waals surface area contributed by atoms with Crippen LogP contribution in [0.5, 0.6) is 5.75 Å². The lowest BCUT2D eigenvalue weighted by molar-refractivity contribution is 0.135. The van der Waals surface area contributed by atoms with Crippen LogP contribution in [0.4, 0.5) is 0 Å². The van der Waals surface area contributed by atoms with Crippen LogP contribution in [-0.2, 0) is 11.3 Å². The van der Waals surface area contributed by atoms with Crippen LogP contribution in [-0.4, -0.2) is 26.4 Å². The van der Waals surface area contributed by atoms with Crippen molar-refractivity contribution in [1.29, 1.82) is 0 Å². The summed E-state index contributed by atoms with van der Waals surface area (Å²) in [5.74, 6) is 0.917. The van der Waals surface area contributed by atoms with Crippen molar-refractivity contribution in [1.82, 2.24) is 5.32 Å². The molecule has 108 valence electrons. The van der Waals surface area contributed by atoms with Gasteiger partial charge in [0.25, 0.3) is 0 Å². The van der Waals surface area contributed by atoms with Crippen LogP contribution in [0.2, 0.25) is 0 Å². The first-order chi connectivity index (χ1) is 9.17. The van der Waals surface area contributed by atoms with Crippen LogP contribution >= 0.6 is 15.9 Å². The second-order valence-electron chi connectivity index (χ2n) is 4.64. The molecule has 0 saturated heterocycles. The Morgan fingerprint density at radius 1 is 1.37 bits per heavy atom. The van der Waals surface area contributed by atoms with Gasteiger partial charge in [-0.3, -0.25) is 0 Å². The lowest BCUT2D eigenvalue weighted by atomic mass is 10.2. The first-order valence-corrected chi connectivity index (χ1v) is 7.61. The third-order valence-corrected chi connectivity index (χ3v) is 3.60. The summed E-state index contributed by atoms with van der Waals surface area (Å²) in [6.45, 7) is 6.84. The number of methoxy groups -OCH3 is 1. The van der Waals surface area contributed by atoms with E-state index in [0.717, 1.165) is 42.8 Å². The molecule has 0 aromatic heterocycles. The third-order valence-electron chi connectivity index (χ3n) is 2.83. The predicted molar refractivity (Wildman–Crippen MR) is 82.7 cm³/mol. The maximum atomic E-state index is 5.89. The Bertz CT molecular complexity index is 371. The first kappa shape index (κ1) is 16.5. The largest absolute Gasteiger partial charge is 0.491 e. The van der Waals surface area contributed by atoms with E-state index in [1.165, 1.54) is 5.56 Å². The predicted octanol–water partition coefficient (Wildman–Crippen LogP) is 3.75. The zero-order valence-electron chi connectivity index (χ0n) is 12.0. The van der Waals surface area contributed by atoms with E-state index < -0.39 is 0 Å². The minimum atomic E-state index is 0.164. The van der Waals surface area contributed by atoms with Gasteiger partial charge in [0, 0.05) is 31.2 Å². The molecule has 0 aliphatic rings. The highest BCUT2D eigenvalue weighted by Gasteiger charge is 2.06. The van der Waals surface area contributed by atoms with Gasteiger partial charge in [-0.1, -0.05) is 22.9 Å². The monoisotopic (exact) mass is 329 g/mol. The summed E-state index contributed by atoms with van der Waals surface area (Å²) in [5.41, 5.74) is 1.23. The Labute approximate surface area is 124 Å². The standard InChI is InChI=1S/C15H24BrNO2/c1-4-8-17-11-13-10-14(5-6-15(13)16)19-12(2)7-9-18-3/h5-6,10,12,17H,4,7-9,11H2,1-3H3. The molecule has 1 N–H and O–H groups in total. The fourth-order valence-corrected chi connectivity index (χ4v) is 2.12. The fraction of sp³-hybridized carbons (Fsp3) is 0.600. The van der Waals surface area contributed by atoms with Gasteiger partial charge in [0.15, 0.2) is 0 Å². The first-order valence-electron chi connectivity index (χ1n) is 6.82. The summed E-state index contributed by atoms with van der Waals surface area (Å²) >= 11 is 3.58. The van der Waals surface area contributed by atoms with Crippen LogP contribution in [0.25, 0.3) is 0 Å². The van der Waals surface area contributed by atoms with Gasteiger partial charge in [0.05, 0.1) is 6.10 Å². The maximum Gasteiger partial charge on any atom is 0.120 e. The molecule has 0 bridgehead atoms. The van der Waals surface area contributed by atoms with Crippen molar-refractivity contribution in [2.24, 2.45) is 0 Å². The highest BCUT2D eigenvalue weighted by molar-refractivity contribution is 9.10. The molecule has 0 amide bonds. The normalized spacial score (nSPS) is 12.4. The third kappa shape index (κ3) is 6.41. The molecule has 4 heteroatoms. The average Bonchev–Trinajstić information content (AvgIpc) is 2.40. The van der Waals surface area contributed by atoms with E-state index >= 15 is 0 Å². The summed E-state index contributed by atoms with van der Waals surface area (Å²) in [4.78, 5) is 0. The second-order valence-corrected chi connectivity index (χ2v) is 5.49. The number of rotatable bonds is 9. The van der Waals surface area contributed by atoms with Crippen molar-refractivity contribution < 1.29 is 9.47 Å². The zero-order valence-corrected chi connectivity index (χ0v) is 13.6. The van der Waals surface area contributed by atoms with E-state index in [4.69, 9.17) is 9.47 Å². The molecule has 3 nitrogen and oxygen atoms in total. The van der Waals surface area contributed by atoms with Crippen LogP contribution in [0.1, 0.15) is 32.3 Å². The van der Waals surface area contributed by atoms with E-state index in [-0.39, 0.29) is 6.10 Å². The summed E-state index contributed by atoms with van der Waals surface area (Å²) in [7, 11) is 1.71. The molecule has 0 radical (unpaired) electrons. The fourth-order valence-electron chi connectivity index (χ4n) is 1.73. The molecular weight excluding hydrogens is 306 g/mol. The van der Waals surface area contributed by atoms with Crippen molar-refractivity contribution in [2.45, 2.75) is 39.3 Å². The minimum Gasteiger partial charge on any atom is -0.491 e. The van der Waals surface area contributed by atoms with Gasteiger partial charge in [-0.15, -0.1) is 0 Å². The smallest absolute Gasteiger partial charge is 0.120 e. The molecule has 0 fully saturated rings. The molecule has 1 aromatic rings. The molecule has 0 aliphatic heterocycles. The van der Waals surface area contributed by atoms with E-state index in [2.05, 4.69) is 41.2 Å². The molecule has 1 aromatic carbocycles. The number of ether oxygens (including phenoxy) is 2. The molecule has 0 saturated carbocycles. The van der Waals surface area contributed by atoms with Crippen molar-refractivity contribution in [3.63, 3.8) is 0 Å². The minimum absolute atomic E-state index is 0.164. The molecule has 1 atom stereocenters. The Hall–Kier alpha value is -0.580. The highest BCUT2D eigenvalue weighted by atomic mass is 79.9. The van der Waals surface area contributed by atoms with Crippen molar-refractivity contribution in [3.8, 4) is 5.75 Å². The molecule has 19 heavy (non-hydrogen) atoms. The number of hydrogen-bond acceptors (Lipinski definition) is 3. The van der Waals surface area contributed by atoms with E-state index in [1.54, 1.807) is 7.11 Å². The SMILES string of the molecule is CCCNCc1cc(OC(C)CCOC)ccc1Br. The van der Waals surface area contributed by atoms with Crippen molar-refractivity contribution in [3.05, 3.63) is 28.2 Å². The molecule has 0 aliphatic carbocycles. The van der Waals surface area contributed by atoms with Gasteiger partial charge >= 0.3 is 0 Å². The molecule has 1 unspecified atom stereocenters. The van der Waals surface area contributed by atoms with Crippen molar-refractivity contribution in [2.75, 3.05) is 20.3 Å². The number of benzene rings is 1. The molecule has 1 rings (SSSR count). The lowest BCUT2D eigenvalue weighted by Gasteiger charge is -2.16. The van der Waals surface area contributed by atoms with Crippen LogP contribution in [0.15, 0.2) is 22.7 Å². The van der Waals surface area contributed by atoms with Crippen LogP contribution in [0.3, 0.4) is 0 Å². The van der Waals surface area contributed by atoms with Gasteiger partial charge in [-0.25, -0.2) is 0 Å². The van der Waals surface area contributed by atoms with Gasteiger partial charge in [-0.05, 0) is 43.7 Å². The Kier molecular flexibility index (Phi) is 8.10. The Morgan fingerprint density at radius 2 is 2.16 bits per heavy atom. The van der Waals surface area contributed by atoms with Gasteiger partial charge in [0.2, 0.25) is 0 Å². The Morgan fingerprint density at radius 3 is 2.84 bits per heavy atom. The van der Waals surface area contributed by atoms with Crippen LogP contribution in [0, 0.1) is 0 Å². The quantitative estimate of drug-likeness (QED) is 0.700. The summed E-state index contributed by atoms with van der Waals surface area (Å²) < 4.78 is 12.1. The van der Waals surface area contributed by atoms with Crippen molar-refractivity contribution >= 4 is 15.9 Å². The number of hydrogen-bond donors (Lipinski definition) is 1. The van der Waals surface area contributed by atoms with E-state index in [9.17, 15) is 0 Å². The number of halogens is 1. The summed E-state index contributed by atoms with van der Waals surface area (Å²) in [5, 5.41) is 3.40. The maximum absolute atomic E-state index is 5.89. The van der Waals surface area contributed by atoms with Gasteiger partial charge in [0.1, 0.15) is 5.75 Å². The second kappa shape index (κ2) is 9.34. The lowest BCUT2D eigenvalue weighted by Crippen LogP contribution is -2.16. The zero-order chi connectivity index (χ0) is 14.1. The molecular formula is C15H24BrNO2. The summed E-state index contributed by atoms with van der Waals surface area (Å²) in [6, 6.07) is 6.13. The van der Waals surface area contributed by atoms with Crippen LogP contribution < -0.4 is 10.1 Å². The topological polar surface area (TPSA) is 30.5 Å². The highest BCUT2D eigenvalue weighted by Crippen LogP contribution is 2.23.